The lowest BCUT2D eigenvalue weighted by atomic mass is 9.82. The van der Waals surface area contributed by atoms with Gasteiger partial charge in [-0.05, 0) is 29.0 Å². The molecule has 1 aromatic carbocycles. The molecule has 0 aliphatic heterocycles. The normalized spacial score (nSPS) is 14.3. The molecule has 0 aliphatic carbocycles. The lowest BCUT2D eigenvalue weighted by Gasteiger charge is -2.27. The maximum absolute atomic E-state index is 12.3. The van der Waals surface area contributed by atoms with Crippen molar-refractivity contribution in [1.82, 2.24) is 4.72 Å². The molecule has 0 heterocycles. The number of hydrogen-bond acceptors (Lipinski definition) is 3. The van der Waals surface area contributed by atoms with Gasteiger partial charge in [-0.15, -0.1) is 0 Å². The average Bonchev–Trinajstić information content (AvgIpc) is 2.35. The number of halogens is 1. The lowest BCUT2D eigenvalue weighted by molar-refractivity contribution is 0.263. The summed E-state index contributed by atoms with van der Waals surface area (Å²) in [7, 11) is -3.67. The summed E-state index contributed by atoms with van der Waals surface area (Å²) >= 11 is 5.94. The standard InChI is InChI=1S/C14H22ClNO3S/c1-10(14(2,3)4)8-16-20(18,19)13-7-11(9-17)5-6-12(13)15/h5-7,10,16-17H,8-9H2,1-4H3. The summed E-state index contributed by atoms with van der Waals surface area (Å²) in [4.78, 5) is 0.00632. The highest BCUT2D eigenvalue weighted by Gasteiger charge is 2.24. The van der Waals surface area contributed by atoms with Crippen molar-refractivity contribution in [1.29, 1.82) is 0 Å². The smallest absolute Gasteiger partial charge is 0.242 e. The van der Waals surface area contributed by atoms with Gasteiger partial charge in [0.2, 0.25) is 10.0 Å². The summed E-state index contributed by atoms with van der Waals surface area (Å²) in [5, 5.41) is 9.24. The van der Waals surface area contributed by atoms with Gasteiger partial charge in [0.25, 0.3) is 0 Å². The molecule has 1 aromatic rings. The van der Waals surface area contributed by atoms with Crippen LogP contribution in [0.2, 0.25) is 5.02 Å². The number of aliphatic hydroxyl groups is 1. The van der Waals surface area contributed by atoms with Crippen molar-refractivity contribution in [2.24, 2.45) is 11.3 Å². The number of hydrogen-bond donors (Lipinski definition) is 2. The van der Waals surface area contributed by atoms with Gasteiger partial charge >= 0.3 is 0 Å². The fourth-order valence-electron chi connectivity index (χ4n) is 1.47. The van der Waals surface area contributed by atoms with Gasteiger partial charge in [-0.25, -0.2) is 13.1 Å². The monoisotopic (exact) mass is 319 g/mol. The number of benzene rings is 1. The molecule has 114 valence electrons. The van der Waals surface area contributed by atoms with E-state index in [2.05, 4.69) is 25.5 Å². The zero-order chi connectivity index (χ0) is 15.6. The summed E-state index contributed by atoms with van der Waals surface area (Å²) in [6.45, 7) is 8.29. The topological polar surface area (TPSA) is 66.4 Å². The van der Waals surface area contributed by atoms with Crippen molar-refractivity contribution < 1.29 is 13.5 Å². The molecule has 2 N–H and O–H groups in total. The molecule has 0 aliphatic rings. The van der Waals surface area contributed by atoms with Crippen LogP contribution >= 0.6 is 11.6 Å². The first-order valence-electron chi connectivity index (χ1n) is 6.47. The Morgan fingerprint density at radius 2 is 1.95 bits per heavy atom. The molecule has 1 atom stereocenters. The Labute approximate surface area is 126 Å². The van der Waals surface area contributed by atoms with Gasteiger partial charge in [-0.1, -0.05) is 45.4 Å². The third-order valence-electron chi connectivity index (χ3n) is 3.53. The van der Waals surface area contributed by atoms with Gasteiger partial charge in [0, 0.05) is 6.54 Å². The largest absolute Gasteiger partial charge is 0.392 e. The van der Waals surface area contributed by atoms with E-state index in [0.717, 1.165) is 0 Å². The fourth-order valence-corrected chi connectivity index (χ4v) is 3.15. The van der Waals surface area contributed by atoms with E-state index in [-0.39, 0.29) is 27.9 Å². The quantitative estimate of drug-likeness (QED) is 0.877. The van der Waals surface area contributed by atoms with E-state index in [0.29, 0.717) is 12.1 Å². The van der Waals surface area contributed by atoms with Crippen molar-refractivity contribution >= 4 is 21.6 Å². The molecule has 0 fully saturated rings. The highest BCUT2D eigenvalue weighted by Crippen LogP contribution is 2.26. The highest BCUT2D eigenvalue weighted by atomic mass is 35.5. The Morgan fingerprint density at radius 3 is 2.45 bits per heavy atom. The van der Waals surface area contributed by atoms with Gasteiger partial charge < -0.3 is 5.11 Å². The number of nitrogens with one attached hydrogen (secondary N) is 1. The van der Waals surface area contributed by atoms with Crippen LogP contribution in [0.1, 0.15) is 33.3 Å². The zero-order valence-electron chi connectivity index (χ0n) is 12.3. The molecule has 0 bridgehead atoms. The molecule has 6 heteroatoms. The number of rotatable bonds is 5. The van der Waals surface area contributed by atoms with E-state index in [1.807, 2.05) is 6.92 Å². The van der Waals surface area contributed by atoms with Crippen LogP contribution in [0.25, 0.3) is 0 Å². The second-order valence-electron chi connectivity index (χ2n) is 6.04. The maximum Gasteiger partial charge on any atom is 0.242 e. The lowest BCUT2D eigenvalue weighted by Crippen LogP contribution is -2.33. The van der Waals surface area contributed by atoms with E-state index in [4.69, 9.17) is 16.7 Å². The molecule has 0 aromatic heterocycles. The first kappa shape index (κ1) is 17.4. The summed E-state index contributed by atoms with van der Waals surface area (Å²) in [6.07, 6.45) is 0. The molecule has 0 saturated carbocycles. The second kappa shape index (κ2) is 6.43. The molecular formula is C14H22ClNO3S. The summed E-state index contributed by atoms with van der Waals surface area (Å²) in [5.41, 5.74) is 0.526. The van der Waals surface area contributed by atoms with Gasteiger partial charge in [0.1, 0.15) is 4.90 Å². The molecule has 4 nitrogen and oxygen atoms in total. The first-order chi connectivity index (χ1) is 9.08. The van der Waals surface area contributed by atoms with Crippen molar-refractivity contribution in [3.05, 3.63) is 28.8 Å². The summed E-state index contributed by atoms with van der Waals surface area (Å²) in [5.74, 6) is 0.178. The Balaban J connectivity index is 2.95. The molecule has 1 unspecified atom stereocenters. The molecule has 0 saturated heterocycles. The van der Waals surface area contributed by atoms with Crippen LogP contribution in [0.4, 0.5) is 0 Å². The fraction of sp³-hybridized carbons (Fsp3) is 0.571. The summed E-state index contributed by atoms with van der Waals surface area (Å²) < 4.78 is 27.1. The highest BCUT2D eigenvalue weighted by molar-refractivity contribution is 7.89. The molecule has 0 radical (unpaired) electrons. The molecular weight excluding hydrogens is 298 g/mol. The predicted octanol–water partition coefficient (Wildman–Crippen LogP) is 2.79. The number of sulfonamides is 1. The van der Waals surface area contributed by atoms with Gasteiger partial charge in [0.05, 0.1) is 11.6 Å². The van der Waals surface area contributed by atoms with Gasteiger partial charge in [-0.3, -0.25) is 0 Å². The minimum atomic E-state index is -3.67. The minimum Gasteiger partial charge on any atom is -0.392 e. The van der Waals surface area contributed by atoms with Crippen molar-refractivity contribution in [2.75, 3.05) is 6.54 Å². The maximum atomic E-state index is 12.3. The predicted molar refractivity (Wildman–Crippen MR) is 81.2 cm³/mol. The van der Waals surface area contributed by atoms with Crippen LogP contribution in [0.5, 0.6) is 0 Å². The van der Waals surface area contributed by atoms with E-state index >= 15 is 0 Å². The molecule has 20 heavy (non-hydrogen) atoms. The van der Waals surface area contributed by atoms with E-state index in [1.165, 1.54) is 12.1 Å². The average molecular weight is 320 g/mol. The molecule has 0 amide bonds. The van der Waals surface area contributed by atoms with Crippen LogP contribution in [0.15, 0.2) is 23.1 Å². The Bertz CT molecular complexity index is 564. The van der Waals surface area contributed by atoms with Crippen molar-refractivity contribution in [2.45, 2.75) is 39.2 Å². The third-order valence-corrected chi connectivity index (χ3v) is 5.43. The molecule has 0 spiro atoms. The van der Waals surface area contributed by atoms with Gasteiger partial charge in [0.15, 0.2) is 0 Å². The first-order valence-corrected chi connectivity index (χ1v) is 8.33. The Kier molecular flexibility index (Phi) is 5.61. The minimum absolute atomic E-state index is 0.00632. The summed E-state index contributed by atoms with van der Waals surface area (Å²) in [6, 6.07) is 4.47. The molecule has 1 rings (SSSR count). The van der Waals surface area contributed by atoms with Crippen LogP contribution in [-0.2, 0) is 16.6 Å². The van der Waals surface area contributed by atoms with E-state index < -0.39 is 10.0 Å². The van der Waals surface area contributed by atoms with E-state index in [9.17, 15) is 8.42 Å². The Morgan fingerprint density at radius 1 is 1.35 bits per heavy atom. The zero-order valence-corrected chi connectivity index (χ0v) is 13.8. The van der Waals surface area contributed by atoms with Crippen molar-refractivity contribution in [3.63, 3.8) is 0 Å². The van der Waals surface area contributed by atoms with Crippen molar-refractivity contribution in [3.8, 4) is 0 Å². The van der Waals surface area contributed by atoms with E-state index in [1.54, 1.807) is 6.07 Å². The SMILES string of the molecule is CC(CNS(=O)(=O)c1cc(CO)ccc1Cl)C(C)(C)C. The van der Waals surface area contributed by atoms with Gasteiger partial charge in [-0.2, -0.15) is 0 Å². The van der Waals surface area contributed by atoms with Crippen LogP contribution in [0, 0.1) is 11.3 Å². The third kappa shape index (κ3) is 4.45. The number of aliphatic hydroxyl groups excluding tert-OH is 1. The van der Waals surface area contributed by atoms with Crippen LogP contribution in [0.3, 0.4) is 0 Å². The van der Waals surface area contributed by atoms with Crippen LogP contribution < -0.4 is 4.72 Å². The Hall–Kier alpha value is -0.620. The second-order valence-corrected chi connectivity index (χ2v) is 8.18. The van der Waals surface area contributed by atoms with Crippen LogP contribution in [-0.4, -0.2) is 20.1 Å².